The van der Waals surface area contributed by atoms with E-state index in [9.17, 15) is 4.79 Å². The second-order valence-electron chi connectivity index (χ2n) is 2.99. The normalized spacial score (nSPS) is 9.79. The summed E-state index contributed by atoms with van der Waals surface area (Å²) < 4.78 is 5.34. The molecule has 0 saturated carbocycles. The molecule has 4 heteroatoms. The number of hydrogen-bond donors (Lipinski definition) is 2. The Morgan fingerprint density at radius 3 is 2.50 bits per heavy atom. The Morgan fingerprint density at radius 2 is 2.00 bits per heavy atom. The molecule has 4 nitrogen and oxygen atoms in total. The first-order valence-corrected chi connectivity index (χ1v) is 4.51. The Labute approximate surface area is 82.8 Å². The Morgan fingerprint density at radius 1 is 1.36 bits per heavy atom. The van der Waals surface area contributed by atoms with Gasteiger partial charge in [0.15, 0.2) is 0 Å². The van der Waals surface area contributed by atoms with Gasteiger partial charge in [0.25, 0.3) is 0 Å². The van der Waals surface area contributed by atoms with E-state index < -0.39 is 0 Å². The summed E-state index contributed by atoms with van der Waals surface area (Å²) in [7, 11) is 0. The van der Waals surface area contributed by atoms with E-state index in [4.69, 9.17) is 10.5 Å². The van der Waals surface area contributed by atoms with E-state index in [2.05, 4.69) is 5.73 Å². The molecule has 0 aliphatic carbocycles. The summed E-state index contributed by atoms with van der Waals surface area (Å²) in [6.07, 6.45) is 0.273. The van der Waals surface area contributed by atoms with Crippen LogP contribution in [0.25, 0.3) is 0 Å². The number of hydrogen-bond acceptors (Lipinski definition) is 2. The molecule has 0 aliphatic heterocycles. The van der Waals surface area contributed by atoms with Crippen LogP contribution in [-0.2, 0) is 11.2 Å². The minimum absolute atomic E-state index is 0.273. The molecule has 0 fully saturated rings. The predicted octanol–water partition coefficient (Wildman–Crippen LogP) is -0.665. The van der Waals surface area contributed by atoms with Crippen LogP contribution in [0, 0.1) is 0 Å². The number of rotatable bonds is 5. The molecule has 0 bridgehead atoms. The monoisotopic (exact) mass is 195 g/mol. The molecule has 76 valence electrons. The third kappa shape index (κ3) is 3.45. The van der Waals surface area contributed by atoms with E-state index >= 15 is 0 Å². The van der Waals surface area contributed by atoms with Crippen LogP contribution in [0.3, 0.4) is 0 Å². The van der Waals surface area contributed by atoms with Crippen LogP contribution in [0.5, 0.6) is 5.75 Å². The lowest BCUT2D eigenvalue weighted by Gasteiger charge is -2.03. The number of carbonyl (C=O) groups is 1. The zero-order valence-corrected chi connectivity index (χ0v) is 8.03. The van der Waals surface area contributed by atoms with Crippen molar-refractivity contribution in [2.75, 3.05) is 13.2 Å². The maximum atomic E-state index is 10.6. The molecule has 0 saturated heterocycles. The SMILES string of the molecule is NC(=O)Cc1ccc(OCC[NH3+])cc1. The van der Waals surface area contributed by atoms with Gasteiger partial charge in [0.1, 0.15) is 18.9 Å². The molecule has 1 aromatic rings. The van der Waals surface area contributed by atoms with Crippen molar-refractivity contribution in [2.45, 2.75) is 6.42 Å². The Bertz CT molecular complexity index is 295. The summed E-state index contributed by atoms with van der Waals surface area (Å²) in [6, 6.07) is 7.33. The molecule has 0 spiro atoms. The van der Waals surface area contributed by atoms with Gasteiger partial charge in [0.05, 0.1) is 6.42 Å². The van der Waals surface area contributed by atoms with Gasteiger partial charge in [0.2, 0.25) is 5.91 Å². The second kappa shape index (κ2) is 5.24. The molecule has 0 heterocycles. The summed E-state index contributed by atoms with van der Waals surface area (Å²) >= 11 is 0. The molecule has 5 N–H and O–H groups in total. The molecule has 0 unspecified atom stereocenters. The molecule has 14 heavy (non-hydrogen) atoms. The van der Waals surface area contributed by atoms with E-state index in [-0.39, 0.29) is 12.3 Å². The van der Waals surface area contributed by atoms with Crippen LogP contribution in [0.15, 0.2) is 24.3 Å². The van der Waals surface area contributed by atoms with E-state index in [0.29, 0.717) is 6.61 Å². The van der Waals surface area contributed by atoms with Crippen molar-refractivity contribution in [1.29, 1.82) is 0 Å². The molecule has 0 aromatic heterocycles. The molecule has 1 rings (SSSR count). The fourth-order valence-corrected chi connectivity index (χ4v) is 1.09. The highest BCUT2D eigenvalue weighted by atomic mass is 16.5. The van der Waals surface area contributed by atoms with Gasteiger partial charge in [-0.1, -0.05) is 12.1 Å². The maximum absolute atomic E-state index is 10.6. The third-order valence-corrected chi connectivity index (χ3v) is 1.71. The molecular formula is C10H15N2O2+. The summed E-state index contributed by atoms with van der Waals surface area (Å²) in [5.74, 6) is 0.471. The van der Waals surface area contributed by atoms with Gasteiger partial charge >= 0.3 is 0 Å². The zero-order valence-electron chi connectivity index (χ0n) is 8.03. The maximum Gasteiger partial charge on any atom is 0.221 e. The lowest BCUT2D eigenvalue weighted by Crippen LogP contribution is -2.52. The summed E-state index contributed by atoms with van der Waals surface area (Å²) in [5, 5.41) is 0. The van der Waals surface area contributed by atoms with Gasteiger partial charge in [0, 0.05) is 0 Å². The molecule has 0 radical (unpaired) electrons. The van der Waals surface area contributed by atoms with Gasteiger partial charge in [-0.2, -0.15) is 0 Å². The van der Waals surface area contributed by atoms with Crippen molar-refractivity contribution >= 4 is 5.91 Å². The fourth-order valence-electron chi connectivity index (χ4n) is 1.09. The first kappa shape index (κ1) is 10.5. The fraction of sp³-hybridized carbons (Fsp3) is 0.300. The lowest BCUT2D eigenvalue weighted by molar-refractivity contribution is -0.370. The van der Waals surface area contributed by atoms with Crippen molar-refractivity contribution in [3.05, 3.63) is 29.8 Å². The largest absolute Gasteiger partial charge is 0.488 e. The van der Waals surface area contributed by atoms with Gasteiger partial charge in [-0.25, -0.2) is 0 Å². The number of nitrogens with two attached hydrogens (primary N) is 1. The van der Waals surface area contributed by atoms with E-state index in [1.165, 1.54) is 0 Å². The summed E-state index contributed by atoms with van der Waals surface area (Å²) in [4.78, 5) is 10.6. The first-order chi connectivity index (χ1) is 6.72. The number of ether oxygens (including phenoxy) is 1. The Balaban J connectivity index is 2.54. The van der Waals surface area contributed by atoms with Crippen LogP contribution < -0.4 is 16.2 Å². The molecule has 1 amide bonds. The van der Waals surface area contributed by atoms with Gasteiger partial charge in [-0.3, -0.25) is 4.79 Å². The first-order valence-electron chi connectivity index (χ1n) is 4.51. The number of benzene rings is 1. The number of primary amides is 1. The number of carbonyl (C=O) groups excluding carboxylic acids is 1. The molecule has 1 aromatic carbocycles. The molecular weight excluding hydrogens is 180 g/mol. The van der Waals surface area contributed by atoms with Crippen molar-refractivity contribution in [3.8, 4) is 5.75 Å². The van der Waals surface area contributed by atoms with Crippen molar-refractivity contribution < 1.29 is 15.3 Å². The predicted molar refractivity (Wildman–Crippen MR) is 52.6 cm³/mol. The van der Waals surface area contributed by atoms with Crippen molar-refractivity contribution in [2.24, 2.45) is 5.73 Å². The van der Waals surface area contributed by atoms with E-state index in [1.807, 2.05) is 24.3 Å². The van der Waals surface area contributed by atoms with Gasteiger partial charge in [-0.05, 0) is 17.7 Å². The summed E-state index contributed by atoms with van der Waals surface area (Å²) in [5.41, 5.74) is 9.64. The van der Waals surface area contributed by atoms with Crippen LogP contribution in [0.2, 0.25) is 0 Å². The van der Waals surface area contributed by atoms with Crippen LogP contribution in [0.4, 0.5) is 0 Å². The highest BCUT2D eigenvalue weighted by Gasteiger charge is 1.98. The average molecular weight is 195 g/mol. The smallest absolute Gasteiger partial charge is 0.221 e. The van der Waals surface area contributed by atoms with Gasteiger partial charge < -0.3 is 16.2 Å². The van der Waals surface area contributed by atoms with Gasteiger partial charge in [-0.15, -0.1) is 0 Å². The topological polar surface area (TPSA) is 80.0 Å². The van der Waals surface area contributed by atoms with Crippen LogP contribution in [0.1, 0.15) is 5.56 Å². The molecule has 0 atom stereocenters. The standard InChI is InChI=1S/C10H14N2O2/c11-5-6-14-9-3-1-8(2-4-9)7-10(12)13/h1-4H,5-7,11H2,(H2,12,13)/p+1. The number of quaternary nitrogens is 1. The Hall–Kier alpha value is -1.55. The van der Waals surface area contributed by atoms with Crippen LogP contribution >= 0.6 is 0 Å². The number of amides is 1. The highest BCUT2D eigenvalue weighted by molar-refractivity contribution is 5.76. The zero-order chi connectivity index (χ0) is 10.4. The second-order valence-corrected chi connectivity index (χ2v) is 2.99. The quantitative estimate of drug-likeness (QED) is 0.653. The summed E-state index contributed by atoms with van der Waals surface area (Å²) in [6.45, 7) is 1.35. The third-order valence-electron chi connectivity index (χ3n) is 1.71. The van der Waals surface area contributed by atoms with Crippen LogP contribution in [-0.4, -0.2) is 19.1 Å². The Kier molecular flexibility index (Phi) is 3.94. The minimum atomic E-state index is -0.323. The highest BCUT2D eigenvalue weighted by Crippen LogP contribution is 2.11. The van der Waals surface area contributed by atoms with Crippen molar-refractivity contribution in [3.63, 3.8) is 0 Å². The van der Waals surface area contributed by atoms with Crippen molar-refractivity contribution in [1.82, 2.24) is 0 Å². The average Bonchev–Trinajstić information content (AvgIpc) is 2.16. The van der Waals surface area contributed by atoms with E-state index in [0.717, 1.165) is 17.9 Å². The minimum Gasteiger partial charge on any atom is -0.488 e. The van der Waals surface area contributed by atoms with E-state index in [1.54, 1.807) is 0 Å². The molecule has 0 aliphatic rings. The lowest BCUT2D eigenvalue weighted by atomic mass is 10.1.